The highest BCUT2D eigenvalue weighted by Crippen LogP contribution is 2.39. The quantitative estimate of drug-likeness (QED) is 0.308. The van der Waals surface area contributed by atoms with Gasteiger partial charge in [-0.15, -0.1) is 0 Å². The van der Waals surface area contributed by atoms with Gasteiger partial charge in [-0.25, -0.2) is 4.39 Å². The molecule has 4 aromatic carbocycles. The Balaban J connectivity index is 1.31. The van der Waals surface area contributed by atoms with Crippen LogP contribution in [0, 0.1) is 5.82 Å². The maximum absolute atomic E-state index is 14.1. The Labute approximate surface area is 206 Å². The van der Waals surface area contributed by atoms with Gasteiger partial charge in [0.15, 0.2) is 0 Å². The molecule has 1 aliphatic rings. The van der Waals surface area contributed by atoms with Gasteiger partial charge in [-0.3, -0.25) is 0 Å². The van der Waals surface area contributed by atoms with E-state index in [-0.39, 0.29) is 18.0 Å². The van der Waals surface area contributed by atoms with E-state index in [1.54, 1.807) is 19.2 Å². The molecule has 0 fully saturated rings. The smallest absolute Gasteiger partial charge is 0.143 e. The van der Waals surface area contributed by atoms with Crippen LogP contribution in [0.4, 0.5) is 15.8 Å². The van der Waals surface area contributed by atoms with Crippen molar-refractivity contribution < 1.29 is 13.9 Å². The number of anilines is 2. The van der Waals surface area contributed by atoms with Crippen LogP contribution in [0.15, 0.2) is 84.9 Å². The van der Waals surface area contributed by atoms with Gasteiger partial charge >= 0.3 is 0 Å². The molecule has 1 N–H and O–H groups in total. The molecule has 0 aliphatic carbocycles. The Hall–Kier alpha value is -3.41. The van der Waals surface area contributed by atoms with Crippen LogP contribution < -0.4 is 15.0 Å². The Morgan fingerprint density at radius 2 is 1.86 bits per heavy atom. The lowest BCUT2D eigenvalue weighted by Crippen LogP contribution is -2.39. The summed E-state index contributed by atoms with van der Waals surface area (Å²) in [5.41, 5.74) is 4.14. The van der Waals surface area contributed by atoms with Crippen LogP contribution in [-0.4, -0.2) is 26.3 Å². The number of benzene rings is 4. The number of fused-ring (bicyclic) bond motifs is 2. The monoisotopic (exact) mass is 470 g/mol. The first kappa shape index (κ1) is 23.3. The number of nitrogens with one attached hydrogen (secondary N) is 1. The van der Waals surface area contributed by atoms with Crippen molar-refractivity contribution in [1.29, 1.82) is 0 Å². The summed E-state index contributed by atoms with van der Waals surface area (Å²) in [6, 6.07) is 28.1. The van der Waals surface area contributed by atoms with Gasteiger partial charge in [-0.1, -0.05) is 54.6 Å². The van der Waals surface area contributed by atoms with Crippen molar-refractivity contribution in [3.8, 4) is 5.75 Å². The van der Waals surface area contributed by atoms with Crippen LogP contribution in [0.1, 0.15) is 30.5 Å². The van der Waals surface area contributed by atoms with Crippen LogP contribution in [0.3, 0.4) is 0 Å². The van der Waals surface area contributed by atoms with Crippen LogP contribution in [0.5, 0.6) is 5.75 Å². The molecule has 1 heterocycles. The lowest BCUT2D eigenvalue weighted by atomic mass is 9.99. The van der Waals surface area contributed by atoms with Crippen molar-refractivity contribution >= 4 is 22.1 Å². The zero-order valence-electron chi connectivity index (χ0n) is 20.2. The van der Waals surface area contributed by atoms with Gasteiger partial charge in [-0.05, 0) is 66.1 Å². The third-order valence-electron chi connectivity index (χ3n) is 6.63. The summed E-state index contributed by atoms with van der Waals surface area (Å²) < 4.78 is 25.7. The Kier molecular flexibility index (Phi) is 6.98. The van der Waals surface area contributed by atoms with E-state index in [4.69, 9.17) is 9.47 Å². The minimum absolute atomic E-state index is 0.0220. The number of nitrogens with zero attached hydrogens (tertiary/aromatic N) is 1. The molecule has 2 atom stereocenters. The van der Waals surface area contributed by atoms with Crippen molar-refractivity contribution in [1.82, 2.24) is 5.32 Å². The molecule has 0 aromatic heterocycles. The predicted molar refractivity (Wildman–Crippen MR) is 140 cm³/mol. The third kappa shape index (κ3) is 5.16. The molecule has 35 heavy (non-hydrogen) atoms. The standard InChI is InChI=1S/C30H31FN2O2/c1-21(27-12-6-9-23-8-3-4-11-28(23)27)32-16-15-26-19-33(25-10-5-7-22(17-25)20-34-2)29-18-24(31)13-14-30(29)35-26/h3-14,17-18,21,26,32H,15-16,19-20H2,1-2H3. The predicted octanol–water partition coefficient (Wildman–Crippen LogP) is 6.77. The molecule has 0 amide bonds. The average Bonchev–Trinajstić information content (AvgIpc) is 2.88. The lowest BCUT2D eigenvalue weighted by molar-refractivity contribution is 0.184. The van der Waals surface area contributed by atoms with Crippen LogP contribution >= 0.6 is 0 Å². The second kappa shape index (κ2) is 10.5. The van der Waals surface area contributed by atoms with Gasteiger partial charge in [0.05, 0.1) is 18.8 Å². The minimum Gasteiger partial charge on any atom is -0.486 e. The van der Waals surface area contributed by atoms with E-state index < -0.39 is 0 Å². The molecule has 1 aliphatic heterocycles. The highest BCUT2D eigenvalue weighted by molar-refractivity contribution is 5.86. The van der Waals surface area contributed by atoms with Gasteiger partial charge in [-0.2, -0.15) is 0 Å². The van der Waals surface area contributed by atoms with Crippen molar-refractivity contribution in [3.63, 3.8) is 0 Å². The number of methoxy groups -OCH3 is 1. The van der Waals surface area contributed by atoms with Gasteiger partial charge in [0.1, 0.15) is 17.7 Å². The molecule has 0 radical (unpaired) electrons. The van der Waals surface area contributed by atoms with E-state index in [0.717, 1.165) is 29.9 Å². The number of ether oxygens (including phenoxy) is 2. The molecule has 0 saturated heterocycles. The van der Waals surface area contributed by atoms with Gasteiger partial charge in [0.2, 0.25) is 0 Å². The van der Waals surface area contributed by atoms with E-state index in [0.29, 0.717) is 18.9 Å². The number of hydrogen-bond donors (Lipinski definition) is 1. The summed E-state index contributed by atoms with van der Waals surface area (Å²) in [6.07, 6.45) is 0.812. The Bertz CT molecular complexity index is 1300. The Morgan fingerprint density at radius 1 is 1.03 bits per heavy atom. The fourth-order valence-electron chi connectivity index (χ4n) is 4.89. The summed E-state index contributed by atoms with van der Waals surface area (Å²) >= 11 is 0. The molecule has 0 saturated carbocycles. The minimum atomic E-state index is -0.269. The maximum Gasteiger partial charge on any atom is 0.143 e. The number of hydrogen-bond acceptors (Lipinski definition) is 4. The second-order valence-electron chi connectivity index (χ2n) is 9.10. The Morgan fingerprint density at radius 3 is 2.74 bits per heavy atom. The summed E-state index contributed by atoms with van der Waals surface area (Å²) in [5.74, 6) is 0.441. The lowest BCUT2D eigenvalue weighted by Gasteiger charge is -2.37. The maximum atomic E-state index is 14.1. The van der Waals surface area contributed by atoms with E-state index in [2.05, 4.69) is 71.7 Å². The molecule has 0 spiro atoms. The first-order valence-electron chi connectivity index (χ1n) is 12.1. The molecule has 5 rings (SSSR count). The van der Waals surface area contributed by atoms with E-state index in [1.807, 2.05) is 12.1 Å². The zero-order valence-corrected chi connectivity index (χ0v) is 20.2. The molecule has 180 valence electrons. The first-order chi connectivity index (χ1) is 17.1. The van der Waals surface area contributed by atoms with Crippen LogP contribution in [-0.2, 0) is 11.3 Å². The summed E-state index contributed by atoms with van der Waals surface area (Å²) in [6.45, 7) is 4.20. The third-order valence-corrected chi connectivity index (χ3v) is 6.63. The highest BCUT2D eigenvalue weighted by atomic mass is 19.1. The van der Waals surface area contributed by atoms with Crippen molar-refractivity contribution in [2.45, 2.75) is 32.1 Å². The summed E-state index contributed by atoms with van der Waals surface area (Å²) in [4.78, 5) is 2.15. The van der Waals surface area contributed by atoms with E-state index in [9.17, 15) is 4.39 Å². The molecular formula is C30H31FN2O2. The van der Waals surface area contributed by atoms with Crippen molar-refractivity contribution in [2.75, 3.05) is 25.1 Å². The molecular weight excluding hydrogens is 439 g/mol. The van der Waals surface area contributed by atoms with Crippen molar-refractivity contribution in [2.24, 2.45) is 0 Å². The highest BCUT2D eigenvalue weighted by Gasteiger charge is 2.27. The molecule has 0 bridgehead atoms. The fraction of sp³-hybridized carbons (Fsp3) is 0.267. The van der Waals surface area contributed by atoms with Crippen molar-refractivity contribution in [3.05, 3.63) is 102 Å². The SMILES string of the molecule is COCc1cccc(N2CC(CCNC(C)c3cccc4ccccc34)Oc3ccc(F)cc32)c1. The van der Waals surface area contributed by atoms with Crippen LogP contribution in [0.2, 0.25) is 0 Å². The topological polar surface area (TPSA) is 33.7 Å². The van der Waals surface area contributed by atoms with E-state index in [1.165, 1.54) is 22.4 Å². The van der Waals surface area contributed by atoms with Gasteiger partial charge < -0.3 is 19.7 Å². The molecule has 2 unspecified atom stereocenters. The summed E-state index contributed by atoms with van der Waals surface area (Å²) in [7, 11) is 1.69. The summed E-state index contributed by atoms with van der Waals surface area (Å²) in [5, 5.41) is 6.21. The largest absolute Gasteiger partial charge is 0.486 e. The fourth-order valence-corrected chi connectivity index (χ4v) is 4.89. The number of rotatable bonds is 8. The normalized spacial score (nSPS) is 16.1. The zero-order chi connectivity index (χ0) is 24.2. The molecule has 4 nitrogen and oxygen atoms in total. The average molecular weight is 471 g/mol. The molecule has 4 aromatic rings. The first-order valence-corrected chi connectivity index (χ1v) is 12.1. The van der Waals surface area contributed by atoms with E-state index >= 15 is 0 Å². The van der Waals surface area contributed by atoms with Gasteiger partial charge in [0.25, 0.3) is 0 Å². The molecule has 5 heteroatoms. The van der Waals surface area contributed by atoms with Crippen LogP contribution in [0.25, 0.3) is 10.8 Å². The van der Waals surface area contributed by atoms with Gasteiger partial charge in [0, 0.05) is 24.9 Å². The second-order valence-corrected chi connectivity index (χ2v) is 9.10. The number of halogens is 1.